The maximum Gasteiger partial charge on any atom is 0.326 e. The highest BCUT2D eigenvalue weighted by molar-refractivity contribution is 7.57. The lowest BCUT2D eigenvalue weighted by atomic mass is 10.1. The minimum absolute atomic E-state index is 0.0699. The number of hydrogen-bond acceptors (Lipinski definition) is 22. The van der Waals surface area contributed by atoms with Crippen molar-refractivity contribution in [3.8, 4) is 0 Å². The Hall–Kier alpha value is -5.20. The van der Waals surface area contributed by atoms with Crippen LogP contribution in [0.25, 0.3) is 22.3 Å². The lowest BCUT2D eigenvalue weighted by Crippen LogP contribution is -2.47. The molecule has 4 aromatic rings. The lowest BCUT2D eigenvalue weighted by Gasteiger charge is -2.31. The predicted octanol–water partition coefficient (Wildman–Crippen LogP) is 6.09. The van der Waals surface area contributed by atoms with Gasteiger partial charge in [0.25, 0.3) is 15.0 Å². The average Bonchev–Trinajstić information content (AvgIpc) is 3.92. The van der Waals surface area contributed by atoms with Crippen molar-refractivity contribution < 1.29 is 65.8 Å². The molecule has 28 heteroatoms. The van der Waals surface area contributed by atoms with E-state index >= 15 is 0 Å². The van der Waals surface area contributed by atoms with Crippen LogP contribution in [0.4, 0.5) is 11.6 Å². The first-order valence-corrected chi connectivity index (χ1v) is 29.0. The zero-order valence-corrected chi connectivity index (χ0v) is 48.2. The Bertz CT molecular complexity index is 2680. The summed E-state index contributed by atoms with van der Waals surface area (Å²) in [4.78, 5) is 77.6. The largest absolute Gasteiger partial charge is 0.464 e. The van der Waals surface area contributed by atoms with Crippen LogP contribution in [-0.2, 0) is 85.3 Å². The number of nitrogens with one attached hydrogen (secondary N) is 2. The lowest BCUT2D eigenvalue weighted by molar-refractivity contribution is -0.154. The normalized spacial score (nSPS) is 15.6. The van der Waals surface area contributed by atoms with Gasteiger partial charge in [-0.15, -0.1) is 0 Å². The molecule has 0 bridgehead atoms. The van der Waals surface area contributed by atoms with E-state index in [-0.39, 0.29) is 82.4 Å². The highest BCUT2D eigenvalue weighted by atomic mass is 31.2. The number of nitrogen functional groups attached to an aromatic ring is 2. The van der Waals surface area contributed by atoms with E-state index in [2.05, 4.69) is 35.1 Å². The second kappa shape index (κ2) is 27.9. The molecule has 0 aromatic carbocycles. The number of aryl methyl sites for hydroxylation is 1. The number of carbonyl (C=O) groups excluding carboxylic acids is 4. The van der Waals surface area contributed by atoms with E-state index in [0.717, 1.165) is 0 Å². The molecular formula is C48H80N12O14P2. The molecule has 0 spiro atoms. The summed E-state index contributed by atoms with van der Waals surface area (Å²) in [5.41, 5.74) is 11.0. The number of carbonyl (C=O) groups is 4. The first kappa shape index (κ1) is 63.3. The molecule has 0 amide bonds. The number of hydrogen-bond donors (Lipinski definition) is 4. The maximum absolute atomic E-state index is 14.5. The fourth-order valence-corrected chi connectivity index (χ4v) is 11.2. The molecule has 426 valence electrons. The number of nitrogens with zero attached hydrogens (tertiary/aromatic N) is 8. The van der Waals surface area contributed by atoms with Crippen LogP contribution in [-0.4, -0.2) is 137 Å². The van der Waals surface area contributed by atoms with E-state index in [4.69, 9.17) is 53.9 Å². The van der Waals surface area contributed by atoms with E-state index in [1.807, 2.05) is 0 Å². The first-order valence-electron chi connectivity index (χ1n) is 25.4. The quantitative estimate of drug-likeness (QED) is 0.0181. The molecule has 0 radical (unpaired) electrons. The fraction of sp³-hybridized carbons (Fsp3) is 0.708. The van der Waals surface area contributed by atoms with Crippen LogP contribution in [0.1, 0.15) is 122 Å². The topological polar surface area (TPSA) is 340 Å². The Balaban J connectivity index is 1.38. The molecule has 0 fully saturated rings. The number of ether oxygens (including phenoxy) is 6. The molecule has 0 aliphatic heterocycles. The number of rotatable bonds is 33. The predicted molar refractivity (Wildman–Crippen MR) is 282 cm³/mol. The molecule has 0 aliphatic rings. The van der Waals surface area contributed by atoms with E-state index in [9.17, 15) is 28.3 Å². The summed E-state index contributed by atoms with van der Waals surface area (Å²) >= 11 is 0. The van der Waals surface area contributed by atoms with Crippen molar-refractivity contribution in [2.45, 2.75) is 177 Å². The minimum Gasteiger partial charge on any atom is -0.464 e. The van der Waals surface area contributed by atoms with E-state index in [0.29, 0.717) is 28.2 Å². The number of esters is 4. The zero-order chi connectivity index (χ0) is 56.8. The van der Waals surface area contributed by atoms with Crippen molar-refractivity contribution in [2.75, 3.05) is 44.0 Å². The van der Waals surface area contributed by atoms with Crippen molar-refractivity contribution in [1.29, 1.82) is 0 Å². The van der Waals surface area contributed by atoms with Crippen LogP contribution in [0.3, 0.4) is 0 Å². The van der Waals surface area contributed by atoms with Gasteiger partial charge in [0.2, 0.25) is 0 Å². The minimum atomic E-state index is -3.98. The Labute approximate surface area is 444 Å². The smallest absolute Gasteiger partial charge is 0.326 e. The van der Waals surface area contributed by atoms with Crippen LogP contribution in [0.2, 0.25) is 0 Å². The third kappa shape index (κ3) is 19.4. The number of imidazole rings is 2. The van der Waals surface area contributed by atoms with Crippen LogP contribution in [0.5, 0.6) is 0 Å². The van der Waals surface area contributed by atoms with Gasteiger partial charge >= 0.3 is 23.9 Å². The summed E-state index contributed by atoms with van der Waals surface area (Å²) in [6.07, 6.45) is 2.23. The van der Waals surface area contributed by atoms with Crippen molar-refractivity contribution in [2.24, 2.45) is 11.8 Å². The van der Waals surface area contributed by atoms with Crippen LogP contribution in [0, 0.1) is 11.8 Å². The van der Waals surface area contributed by atoms with Gasteiger partial charge in [0.15, 0.2) is 22.9 Å². The highest BCUT2D eigenvalue weighted by Crippen LogP contribution is 2.47. The molecular weight excluding hydrogens is 1030 g/mol. The van der Waals surface area contributed by atoms with Gasteiger partial charge in [0, 0.05) is 6.42 Å². The summed E-state index contributed by atoms with van der Waals surface area (Å²) in [5.74, 6) is -2.63. The monoisotopic (exact) mass is 1110 g/mol. The molecule has 0 saturated carbocycles. The second-order valence-electron chi connectivity index (χ2n) is 20.7. The molecule has 0 aliphatic carbocycles. The summed E-state index contributed by atoms with van der Waals surface area (Å²) in [7, 11) is -7.91. The van der Waals surface area contributed by atoms with E-state index in [1.54, 1.807) is 84.7 Å². The van der Waals surface area contributed by atoms with Crippen LogP contribution < -0.4 is 21.6 Å². The molecule has 26 nitrogen and oxygen atoms in total. The molecule has 0 saturated heterocycles. The Morgan fingerprint density at radius 2 is 1.07 bits per heavy atom. The second-order valence-corrected chi connectivity index (χ2v) is 24.8. The summed E-state index contributed by atoms with van der Waals surface area (Å²) in [5, 5.41) is 5.70. The molecule has 4 rings (SSSR count). The number of aromatic nitrogens is 8. The van der Waals surface area contributed by atoms with Gasteiger partial charge in [0.1, 0.15) is 47.0 Å². The highest BCUT2D eigenvalue weighted by Gasteiger charge is 2.41. The van der Waals surface area contributed by atoms with E-state index < -0.39 is 92.8 Å². The summed E-state index contributed by atoms with van der Waals surface area (Å²) < 4.78 is 77.9. The summed E-state index contributed by atoms with van der Waals surface area (Å²) in [6.45, 7) is 23.5. The zero-order valence-electron chi connectivity index (χ0n) is 46.4. The number of nitrogens with two attached hydrogens (primary N) is 2. The molecule has 6 atom stereocenters. The van der Waals surface area contributed by atoms with Gasteiger partial charge in [-0.1, -0.05) is 13.8 Å². The Kier molecular flexibility index (Phi) is 23.3. The SMILES string of the molecule is CC(C)OC(=O)[C@@H](C)CCO[P@@](=O)(CO[C@H](C)Cn1cnc2c(N)ncnc21)NC(C)(C)C(=O)OCCCc1nc(N)c2ncn(C[C@@H](C)OC[P@](=O)(NC(C)(C)C(=O)OC(C)C)OCC[C@H](C)C(=O)OC(C)C)c2n1. The molecule has 76 heavy (non-hydrogen) atoms. The number of anilines is 2. The number of fused-ring (bicyclic) bond motifs is 2. The van der Waals surface area contributed by atoms with Crippen molar-refractivity contribution >= 4 is 72.9 Å². The molecule has 6 N–H and O–H groups in total. The maximum atomic E-state index is 14.5. The van der Waals surface area contributed by atoms with Gasteiger partial charge in [-0.3, -0.25) is 28.3 Å². The fourth-order valence-electron chi connectivity index (χ4n) is 7.17. The Morgan fingerprint density at radius 3 is 1.55 bits per heavy atom. The van der Waals surface area contributed by atoms with Crippen LogP contribution in [0.15, 0.2) is 19.0 Å². The average molecular weight is 1110 g/mol. The molecule has 4 aromatic heterocycles. The van der Waals surface area contributed by atoms with Gasteiger partial charge in [0.05, 0.1) is 87.9 Å². The van der Waals surface area contributed by atoms with Gasteiger partial charge in [-0.25, -0.2) is 40.1 Å². The van der Waals surface area contributed by atoms with Crippen molar-refractivity contribution in [1.82, 2.24) is 49.2 Å². The molecule has 4 heterocycles. The Morgan fingerprint density at radius 1 is 0.605 bits per heavy atom. The van der Waals surface area contributed by atoms with E-state index in [1.165, 1.54) is 40.3 Å². The van der Waals surface area contributed by atoms with Gasteiger partial charge in [-0.2, -0.15) is 0 Å². The van der Waals surface area contributed by atoms with Crippen molar-refractivity contribution in [3.05, 3.63) is 24.8 Å². The first-order chi connectivity index (χ1) is 35.4. The molecule has 0 unspecified atom stereocenters. The van der Waals surface area contributed by atoms with Crippen LogP contribution >= 0.6 is 15.0 Å². The third-order valence-electron chi connectivity index (χ3n) is 11.2. The third-order valence-corrected chi connectivity index (χ3v) is 15.2. The van der Waals surface area contributed by atoms with Gasteiger partial charge < -0.3 is 58.1 Å². The van der Waals surface area contributed by atoms with Gasteiger partial charge in [-0.05, 0) is 102 Å². The standard InChI is InChI=1S/C48H80N12O14P2/c1-29(2)72-43(61)32(7)17-20-70-75(65,27-68-34(9)22-59-25-53-37-39(49)51-24-52-41(37)59)57-47(11,12)45(63)67-19-15-16-36-55-40(50)38-42(56-36)60(26-54-38)23-35(10)69-28-76(66,58-48(13,14)46(64)74-31(5)6)71-21-18-33(8)44(62)73-30(3)4/h24-26,29-35H,15-23,27-28H2,1-14H3,(H,57,65)(H,58,66)(H2,49,51,52)(H2,50,55,56)/t32-,33-,34+,35+,75-,76+/m0/s1. The van der Waals surface area contributed by atoms with Crippen molar-refractivity contribution in [3.63, 3.8) is 0 Å². The summed E-state index contributed by atoms with van der Waals surface area (Å²) in [6, 6.07) is 0.